The highest BCUT2D eigenvalue weighted by molar-refractivity contribution is 7.89. The maximum atomic E-state index is 14.1. The number of sulfonamides is 1. The molecule has 1 heterocycles. The standard InChI is InChI=1S/C18H17ClF2N2O3S/c19-15-2-1-3-16(18(15)21)27(25,26)23-10-8-22(9-11-23)17(24)12-13-4-6-14(20)7-5-13/h1-7H,8-12H2. The summed E-state index contributed by atoms with van der Waals surface area (Å²) in [6.45, 7) is 0.510. The highest BCUT2D eigenvalue weighted by atomic mass is 35.5. The van der Waals surface area contributed by atoms with Gasteiger partial charge in [0, 0.05) is 26.2 Å². The average Bonchev–Trinajstić information content (AvgIpc) is 2.65. The van der Waals surface area contributed by atoms with E-state index in [4.69, 9.17) is 11.6 Å². The second kappa shape index (κ2) is 7.92. The number of halogens is 3. The van der Waals surface area contributed by atoms with Crippen molar-refractivity contribution in [3.05, 3.63) is 64.7 Å². The molecule has 3 rings (SSSR count). The van der Waals surface area contributed by atoms with Crippen LogP contribution in [0.3, 0.4) is 0 Å². The Morgan fingerprint density at radius 3 is 2.26 bits per heavy atom. The Morgan fingerprint density at radius 1 is 1.00 bits per heavy atom. The van der Waals surface area contributed by atoms with Gasteiger partial charge in [-0.2, -0.15) is 4.31 Å². The molecule has 2 aromatic carbocycles. The molecule has 1 aliphatic rings. The fourth-order valence-corrected chi connectivity index (χ4v) is 4.63. The molecule has 0 atom stereocenters. The van der Waals surface area contributed by atoms with Crippen molar-refractivity contribution in [3.8, 4) is 0 Å². The predicted molar refractivity (Wildman–Crippen MR) is 96.9 cm³/mol. The number of hydrogen-bond acceptors (Lipinski definition) is 3. The number of carbonyl (C=O) groups is 1. The molecular formula is C18H17ClF2N2O3S. The third-order valence-corrected chi connectivity index (χ3v) is 6.60. The largest absolute Gasteiger partial charge is 0.340 e. The molecule has 144 valence electrons. The van der Waals surface area contributed by atoms with E-state index in [1.54, 1.807) is 4.90 Å². The summed E-state index contributed by atoms with van der Waals surface area (Å²) >= 11 is 5.68. The molecular weight excluding hydrogens is 398 g/mol. The van der Waals surface area contributed by atoms with Crippen LogP contribution in [0.4, 0.5) is 8.78 Å². The van der Waals surface area contributed by atoms with Crippen molar-refractivity contribution in [1.29, 1.82) is 0 Å². The zero-order valence-corrected chi connectivity index (χ0v) is 15.8. The van der Waals surface area contributed by atoms with Crippen LogP contribution in [0.5, 0.6) is 0 Å². The van der Waals surface area contributed by atoms with E-state index in [2.05, 4.69) is 0 Å². The van der Waals surface area contributed by atoms with Gasteiger partial charge in [0.15, 0.2) is 5.82 Å². The van der Waals surface area contributed by atoms with Gasteiger partial charge in [0.2, 0.25) is 15.9 Å². The minimum Gasteiger partial charge on any atom is -0.340 e. The highest BCUT2D eigenvalue weighted by Gasteiger charge is 2.32. The molecule has 1 amide bonds. The number of benzene rings is 2. The topological polar surface area (TPSA) is 57.7 Å². The molecule has 0 aliphatic carbocycles. The number of rotatable bonds is 4. The lowest BCUT2D eigenvalue weighted by molar-refractivity contribution is -0.131. The van der Waals surface area contributed by atoms with Crippen LogP contribution in [0.15, 0.2) is 47.4 Å². The summed E-state index contributed by atoms with van der Waals surface area (Å²) < 4.78 is 53.5. The van der Waals surface area contributed by atoms with Gasteiger partial charge in [-0.05, 0) is 29.8 Å². The predicted octanol–water partition coefficient (Wildman–Crippen LogP) is 2.69. The number of hydrogen-bond donors (Lipinski definition) is 0. The van der Waals surface area contributed by atoms with Gasteiger partial charge in [-0.1, -0.05) is 29.8 Å². The maximum absolute atomic E-state index is 14.1. The lowest BCUT2D eigenvalue weighted by Crippen LogP contribution is -2.51. The SMILES string of the molecule is O=C(Cc1ccc(F)cc1)N1CCN(S(=O)(=O)c2cccc(Cl)c2F)CC1. The molecule has 0 unspecified atom stereocenters. The Hall–Kier alpha value is -2.03. The van der Waals surface area contributed by atoms with Crippen LogP contribution in [-0.4, -0.2) is 49.7 Å². The molecule has 0 aromatic heterocycles. The van der Waals surface area contributed by atoms with Gasteiger partial charge in [-0.15, -0.1) is 0 Å². The number of nitrogens with zero attached hydrogens (tertiary/aromatic N) is 2. The van der Waals surface area contributed by atoms with Gasteiger partial charge in [0.25, 0.3) is 0 Å². The van der Waals surface area contributed by atoms with Gasteiger partial charge in [-0.3, -0.25) is 4.79 Å². The summed E-state index contributed by atoms with van der Waals surface area (Å²) in [6.07, 6.45) is 0.107. The van der Waals surface area contributed by atoms with Crippen LogP contribution >= 0.6 is 11.6 Å². The molecule has 1 saturated heterocycles. The van der Waals surface area contributed by atoms with Gasteiger partial charge >= 0.3 is 0 Å². The van der Waals surface area contributed by atoms with E-state index in [1.165, 1.54) is 42.5 Å². The Bertz CT molecular complexity index is 944. The van der Waals surface area contributed by atoms with E-state index in [9.17, 15) is 22.0 Å². The van der Waals surface area contributed by atoms with Gasteiger partial charge < -0.3 is 4.90 Å². The Morgan fingerprint density at radius 2 is 1.63 bits per heavy atom. The first-order valence-corrected chi connectivity index (χ1v) is 10.1. The minimum absolute atomic E-state index is 0.0590. The third-order valence-electron chi connectivity index (χ3n) is 4.39. The summed E-state index contributed by atoms with van der Waals surface area (Å²) in [7, 11) is -4.03. The fourth-order valence-electron chi connectivity index (χ4n) is 2.89. The summed E-state index contributed by atoms with van der Waals surface area (Å²) in [4.78, 5) is 13.4. The number of carbonyl (C=O) groups excluding carboxylic acids is 1. The molecule has 0 saturated carbocycles. The Labute approximate surface area is 161 Å². The second-order valence-electron chi connectivity index (χ2n) is 6.14. The molecule has 9 heteroatoms. The zero-order valence-electron chi connectivity index (χ0n) is 14.2. The number of amides is 1. The molecule has 27 heavy (non-hydrogen) atoms. The Kier molecular flexibility index (Phi) is 5.78. The second-order valence-corrected chi connectivity index (χ2v) is 8.45. The molecule has 1 fully saturated rings. The van der Waals surface area contributed by atoms with Crippen LogP contribution in [0.1, 0.15) is 5.56 Å². The van der Waals surface area contributed by atoms with Crippen LogP contribution in [0, 0.1) is 11.6 Å². The van der Waals surface area contributed by atoms with Crippen molar-refractivity contribution in [2.45, 2.75) is 11.3 Å². The summed E-state index contributed by atoms with van der Waals surface area (Å²) in [6, 6.07) is 9.47. The lowest BCUT2D eigenvalue weighted by atomic mass is 10.1. The summed E-state index contributed by atoms with van der Waals surface area (Å²) in [5.74, 6) is -1.53. The first-order chi connectivity index (χ1) is 12.8. The fraction of sp³-hybridized carbons (Fsp3) is 0.278. The van der Waals surface area contributed by atoms with Crippen LogP contribution < -0.4 is 0 Å². The van der Waals surface area contributed by atoms with Crippen molar-refractivity contribution < 1.29 is 22.0 Å². The quantitative estimate of drug-likeness (QED) is 0.773. The molecule has 0 bridgehead atoms. The minimum atomic E-state index is -4.03. The van der Waals surface area contributed by atoms with E-state index >= 15 is 0 Å². The summed E-state index contributed by atoms with van der Waals surface area (Å²) in [5, 5.41) is -0.260. The molecule has 0 spiro atoms. The van der Waals surface area contributed by atoms with E-state index in [0.29, 0.717) is 5.56 Å². The van der Waals surface area contributed by atoms with Gasteiger partial charge in [0.1, 0.15) is 10.7 Å². The average molecular weight is 415 g/mol. The Balaban J connectivity index is 1.65. The summed E-state index contributed by atoms with van der Waals surface area (Å²) in [5.41, 5.74) is 0.678. The molecule has 0 N–H and O–H groups in total. The van der Waals surface area contributed by atoms with Crippen molar-refractivity contribution in [1.82, 2.24) is 9.21 Å². The molecule has 0 radical (unpaired) electrons. The van der Waals surface area contributed by atoms with Crippen LogP contribution in [0.25, 0.3) is 0 Å². The van der Waals surface area contributed by atoms with Crippen molar-refractivity contribution in [2.24, 2.45) is 0 Å². The third kappa shape index (κ3) is 4.28. The van der Waals surface area contributed by atoms with E-state index in [-0.39, 0.29) is 49.3 Å². The monoisotopic (exact) mass is 414 g/mol. The van der Waals surface area contributed by atoms with Gasteiger partial charge in [-0.25, -0.2) is 17.2 Å². The maximum Gasteiger partial charge on any atom is 0.246 e. The van der Waals surface area contributed by atoms with Crippen molar-refractivity contribution in [2.75, 3.05) is 26.2 Å². The zero-order chi connectivity index (χ0) is 19.6. The van der Waals surface area contributed by atoms with E-state index in [0.717, 1.165) is 4.31 Å². The lowest BCUT2D eigenvalue weighted by Gasteiger charge is -2.34. The van der Waals surface area contributed by atoms with Crippen molar-refractivity contribution >= 4 is 27.5 Å². The molecule has 2 aromatic rings. The van der Waals surface area contributed by atoms with E-state index < -0.39 is 20.7 Å². The molecule has 5 nitrogen and oxygen atoms in total. The number of piperazine rings is 1. The first kappa shape index (κ1) is 19.7. The highest BCUT2D eigenvalue weighted by Crippen LogP contribution is 2.25. The molecule has 1 aliphatic heterocycles. The van der Waals surface area contributed by atoms with Crippen LogP contribution in [-0.2, 0) is 21.2 Å². The first-order valence-electron chi connectivity index (χ1n) is 8.25. The smallest absolute Gasteiger partial charge is 0.246 e. The van der Waals surface area contributed by atoms with Crippen molar-refractivity contribution in [3.63, 3.8) is 0 Å². The normalized spacial score (nSPS) is 15.7. The van der Waals surface area contributed by atoms with Gasteiger partial charge in [0.05, 0.1) is 11.4 Å². The van der Waals surface area contributed by atoms with E-state index in [1.807, 2.05) is 0 Å². The van der Waals surface area contributed by atoms with Crippen LogP contribution in [0.2, 0.25) is 5.02 Å².